The van der Waals surface area contributed by atoms with Crippen molar-refractivity contribution in [2.45, 2.75) is 65.7 Å². The summed E-state index contributed by atoms with van der Waals surface area (Å²) in [5.41, 5.74) is 0. The molecule has 0 heterocycles. The van der Waals surface area contributed by atoms with Crippen LogP contribution < -0.4 is 0 Å². The second-order valence-corrected chi connectivity index (χ2v) is 9.09. The third-order valence-corrected chi connectivity index (χ3v) is 6.77. The van der Waals surface area contributed by atoms with Gasteiger partial charge < -0.3 is 0 Å². The van der Waals surface area contributed by atoms with Crippen LogP contribution in [0.4, 0.5) is 92.2 Å². The molecule has 0 aromatic rings. The van der Waals surface area contributed by atoms with E-state index in [0.717, 1.165) is 0 Å². The first-order valence-electron chi connectivity index (χ1n) is 8.78. The molecule has 0 N–H and O–H groups in total. The first kappa shape index (κ1) is 37.4. The predicted octanol–water partition coefficient (Wildman–Crippen LogP) is 6.71. The first-order valence-corrected chi connectivity index (χ1v) is 10.2. The molecule has 0 amide bonds. The minimum absolute atomic E-state index is 0.470. The minimum atomic E-state index is -9.34. The van der Waals surface area contributed by atoms with Gasteiger partial charge in [-0.05, 0) is 6.92 Å². The quantitative estimate of drug-likeness (QED) is 0.220. The summed E-state index contributed by atoms with van der Waals surface area (Å²) >= 11 is 0. The van der Waals surface area contributed by atoms with E-state index >= 15 is 0 Å². The summed E-state index contributed by atoms with van der Waals surface area (Å²) in [6, 6.07) is 0. The van der Waals surface area contributed by atoms with E-state index in [4.69, 9.17) is 0 Å². The molecule has 0 aliphatic rings. The maximum atomic E-state index is 13.9. The van der Waals surface area contributed by atoms with Crippen molar-refractivity contribution in [1.29, 1.82) is 0 Å². The molecule has 0 saturated heterocycles. The monoisotopic (exact) mass is 654 g/mol. The number of sulfonamides is 1. The van der Waals surface area contributed by atoms with E-state index < -0.39 is 86.2 Å². The Morgan fingerprint density at radius 1 is 0.487 bits per heavy atom. The fourth-order valence-electron chi connectivity index (χ4n) is 2.32. The fourth-order valence-corrected chi connectivity index (χ4v) is 3.67. The van der Waals surface area contributed by atoms with Gasteiger partial charge in [0.15, 0.2) is 0 Å². The van der Waals surface area contributed by atoms with Crippen LogP contribution in [0.1, 0.15) is 6.92 Å². The molecule has 25 heteroatoms. The Morgan fingerprint density at radius 2 is 0.718 bits per heavy atom. The van der Waals surface area contributed by atoms with Crippen LogP contribution in [0.15, 0.2) is 0 Å². The van der Waals surface area contributed by atoms with Crippen molar-refractivity contribution < 1.29 is 101 Å². The fraction of sp³-hybridized carbons (Fsp3) is 0.929. The molecule has 1 radical (unpaired) electrons. The highest BCUT2D eigenvalue weighted by atomic mass is 32.2. The summed E-state index contributed by atoms with van der Waals surface area (Å²) in [7, 11) is -7.42. The number of hydrogen-bond donors (Lipinski definition) is 0. The highest BCUT2D eigenvalue weighted by Gasteiger charge is 2.98. The standard InChI is InChI=1S/C14H9F21NO2S/c1-3-36(4-2)39(37,38)14(34,35)12(29,30)10(25,26)8(21,22)6(17,18)5(15,16)7(19,20)9(23,24)11(27,28)13(31,32)33/h1,3-4H2,2H3. The molecule has 3 nitrogen and oxygen atoms in total. The summed E-state index contributed by atoms with van der Waals surface area (Å²) in [6.07, 6.45) is -8.07. The summed E-state index contributed by atoms with van der Waals surface area (Å²) in [5.74, 6) is -72.1. The molecule has 0 aromatic heterocycles. The molecular weight excluding hydrogens is 645 g/mol. The molecule has 0 aliphatic carbocycles. The molecule has 0 spiro atoms. The van der Waals surface area contributed by atoms with Gasteiger partial charge in [0.1, 0.15) is 0 Å². The van der Waals surface area contributed by atoms with Crippen molar-refractivity contribution in [2.75, 3.05) is 13.1 Å². The van der Waals surface area contributed by atoms with E-state index in [1.54, 1.807) is 0 Å². The average Bonchev–Trinajstić information content (AvgIpc) is 2.72. The topological polar surface area (TPSA) is 37.4 Å². The third-order valence-electron chi connectivity index (χ3n) is 4.75. The van der Waals surface area contributed by atoms with Crippen LogP contribution in [-0.4, -0.2) is 84.6 Å². The zero-order valence-corrected chi connectivity index (χ0v) is 18.5. The van der Waals surface area contributed by atoms with E-state index in [9.17, 15) is 101 Å². The van der Waals surface area contributed by atoms with Gasteiger partial charge in [-0.2, -0.15) is 96.5 Å². The van der Waals surface area contributed by atoms with Crippen molar-refractivity contribution >= 4 is 10.0 Å². The Bertz CT molecular complexity index is 995. The van der Waals surface area contributed by atoms with Gasteiger partial charge in [0, 0.05) is 13.1 Å². The maximum Gasteiger partial charge on any atom is 0.460 e. The van der Waals surface area contributed by atoms with Gasteiger partial charge in [-0.3, -0.25) is 0 Å². The number of halogens is 21. The van der Waals surface area contributed by atoms with Gasteiger partial charge in [-0.1, -0.05) is 6.92 Å². The molecule has 39 heavy (non-hydrogen) atoms. The molecule has 0 unspecified atom stereocenters. The molecule has 0 rings (SSSR count). The highest BCUT2D eigenvalue weighted by molar-refractivity contribution is 7.90. The third kappa shape index (κ3) is 4.46. The molecule has 0 aromatic carbocycles. The van der Waals surface area contributed by atoms with E-state index in [-0.39, 0.29) is 0 Å². The van der Waals surface area contributed by atoms with E-state index in [2.05, 4.69) is 6.92 Å². The van der Waals surface area contributed by atoms with Crippen molar-refractivity contribution in [3.8, 4) is 0 Å². The SMILES string of the molecule is [CH2]CN(CC)S(=O)(=O)C(F)(F)C(F)(F)C(F)(F)C(F)(F)C(F)(F)C(F)(F)C(F)(F)C(F)(F)C(F)(F)C(F)(F)F. The normalized spacial score (nSPS) is 16.7. The van der Waals surface area contributed by atoms with Crippen LogP contribution in [0.25, 0.3) is 0 Å². The van der Waals surface area contributed by atoms with Crippen molar-refractivity contribution in [2.24, 2.45) is 0 Å². The van der Waals surface area contributed by atoms with Crippen LogP contribution in [0.3, 0.4) is 0 Å². The molecule has 235 valence electrons. The second-order valence-electron chi connectivity index (χ2n) is 7.11. The van der Waals surface area contributed by atoms with Gasteiger partial charge in [0.2, 0.25) is 0 Å². The Hall–Kier alpha value is -1.56. The number of nitrogens with zero attached hydrogens (tertiary/aromatic N) is 1. The van der Waals surface area contributed by atoms with Crippen molar-refractivity contribution in [3.05, 3.63) is 6.92 Å². The number of hydrogen-bond acceptors (Lipinski definition) is 2. The Kier molecular flexibility index (Phi) is 9.11. The molecule has 0 fully saturated rings. The predicted molar refractivity (Wildman–Crippen MR) is 82.1 cm³/mol. The summed E-state index contributed by atoms with van der Waals surface area (Å²) < 4.78 is 301. The van der Waals surface area contributed by atoms with Crippen LogP contribution in [0.2, 0.25) is 0 Å². The van der Waals surface area contributed by atoms with Crippen molar-refractivity contribution in [1.82, 2.24) is 4.31 Å². The van der Waals surface area contributed by atoms with E-state index in [0.29, 0.717) is 6.92 Å². The zero-order valence-electron chi connectivity index (χ0n) is 17.7. The molecular formula is C14H9F21NO2S. The van der Waals surface area contributed by atoms with Crippen LogP contribution in [0, 0.1) is 6.92 Å². The smallest absolute Gasteiger partial charge is 0.206 e. The largest absolute Gasteiger partial charge is 0.460 e. The number of rotatable bonds is 12. The molecule has 0 bridgehead atoms. The zero-order chi connectivity index (χ0) is 32.5. The van der Waals surface area contributed by atoms with Crippen LogP contribution in [0.5, 0.6) is 0 Å². The molecule has 0 atom stereocenters. The van der Waals surface area contributed by atoms with E-state index in [1.165, 1.54) is 0 Å². The Morgan fingerprint density at radius 3 is 0.923 bits per heavy atom. The molecule has 0 saturated carbocycles. The van der Waals surface area contributed by atoms with E-state index in [1.807, 2.05) is 0 Å². The van der Waals surface area contributed by atoms with Crippen LogP contribution >= 0.6 is 0 Å². The van der Waals surface area contributed by atoms with Gasteiger partial charge >= 0.3 is 58.8 Å². The summed E-state index contributed by atoms with van der Waals surface area (Å²) in [6.45, 7) is -0.0679. The van der Waals surface area contributed by atoms with Gasteiger partial charge in [0.05, 0.1) is 0 Å². The van der Waals surface area contributed by atoms with Crippen LogP contribution in [-0.2, 0) is 10.0 Å². The van der Waals surface area contributed by atoms with Crippen molar-refractivity contribution in [3.63, 3.8) is 0 Å². The van der Waals surface area contributed by atoms with Gasteiger partial charge in [0.25, 0.3) is 10.0 Å². The van der Waals surface area contributed by atoms with Gasteiger partial charge in [-0.15, -0.1) is 0 Å². The minimum Gasteiger partial charge on any atom is -0.206 e. The van der Waals surface area contributed by atoms with Gasteiger partial charge in [-0.25, -0.2) is 8.42 Å². The Balaban J connectivity index is 7.31. The maximum absolute atomic E-state index is 13.9. The Labute approximate surface area is 201 Å². The molecule has 0 aliphatic heterocycles. The average molecular weight is 654 g/mol. The number of alkyl halides is 21. The lowest BCUT2D eigenvalue weighted by Crippen LogP contribution is -2.77. The lowest BCUT2D eigenvalue weighted by atomic mass is 9.87. The lowest BCUT2D eigenvalue weighted by molar-refractivity contribution is -0.472. The highest BCUT2D eigenvalue weighted by Crippen LogP contribution is 2.66. The lowest BCUT2D eigenvalue weighted by Gasteiger charge is -2.44. The first-order chi connectivity index (χ1) is 16.5. The summed E-state index contributed by atoms with van der Waals surface area (Å²) in [4.78, 5) is 0. The second kappa shape index (κ2) is 9.49. The summed E-state index contributed by atoms with van der Waals surface area (Å²) in [5, 5.41) is -7.75.